The van der Waals surface area contributed by atoms with Crippen LogP contribution in [0.1, 0.15) is 16.8 Å². The standard InChI is InChI=1S/C20H23N5/c1-15(17-4-5-20-21-6-7-25(20)14-17)19-12-18(13-22-16(19)2)24-10-8-23(3)9-11-24/h4-7,12-14H,1,8-11H2,2-3H3. The van der Waals surface area contributed by atoms with Crippen molar-refractivity contribution in [1.82, 2.24) is 19.3 Å². The number of hydrogen-bond donors (Lipinski definition) is 0. The quantitative estimate of drug-likeness (QED) is 0.738. The second-order valence-electron chi connectivity index (χ2n) is 6.71. The molecule has 0 N–H and O–H groups in total. The molecule has 1 fully saturated rings. The van der Waals surface area contributed by atoms with Gasteiger partial charge in [0.2, 0.25) is 0 Å². The third-order valence-corrected chi connectivity index (χ3v) is 5.00. The average Bonchev–Trinajstić information content (AvgIpc) is 3.10. The van der Waals surface area contributed by atoms with Gasteiger partial charge in [0, 0.05) is 56.0 Å². The van der Waals surface area contributed by atoms with Crippen molar-refractivity contribution in [1.29, 1.82) is 0 Å². The fourth-order valence-electron chi connectivity index (χ4n) is 3.32. The summed E-state index contributed by atoms with van der Waals surface area (Å²) in [5.74, 6) is 0. The Morgan fingerprint density at radius 3 is 2.72 bits per heavy atom. The lowest BCUT2D eigenvalue weighted by molar-refractivity contribution is 0.313. The molecule has 4 heterocycles. The number of imidazole rings is 1. The first-order valence-corrected chi connectivity index (χ1v) is 8.64. The van der Waals surface area contributed by atoms with Gasteiger partial charge in [0.25, 0.3) is 0 Å². The van der Waals surface area contributed by atoms with E-state index in [1.165, 1.54) is 5.69 Å². The molecular weight excluding hydrogens is 310 g/mol. The van der Waals surface area contributed by atoms with Crippen molar-refractivity contribution in [2.45, 2.75) is 6.92 Å². The topological polar surface area (TPSA) is 36.7 Å². The van der Waals surface area contributed by atoms with Crippen molar-refractivity contribution in [2.24, 2.45) is 0 Å². The summed E-state index contributed by atoms with van der Waals surface area (Å²) in [5.41, 5.74) is 6.32. The van der Waals surface area contributed by atoms with E-state index in [9.17, 15) is 0 Å². The highest BCUT2D eigenvalue weighted by atomic mass is 15.2. The number of likely N-dealkylation sites (N-methyl/N-ethyl adjacent to an activating group) is 1. The van der Waals surface area contributed by atoms with Crippen molar-refractivity contribution < 1.29 is 0 Å². The summed E-state index contributed by atoms with van der Waals surface area (Å²) in [4.78, 5) is 13.7. The molecule has 5 heteroatoms. The molecule has 0 atom stereocenters. The molecule has 3 aromatic rings. The number of nitrogens with zero attached hydrogens (tertiary/aromatic N) is 5. The molecule has 5 nitrogen and oxygen atoms in total. The summed E-state index contributed by atoms with van der Waals surface area (Å²) in [6.07, 6.45) is 7.82. The van der Waals surface area contributed by atoms with E-state index >= 15 is 0 Å². The van der Waals surface area contributed by atoms with Gasteiger partial charge in [0.05, 0.1) is 11.9 Å². The first-order valence-electron chi connectivity index (χ1n) is 8.64. The van der Waals surface area contributed by atoms with Crippen LogP contribution in [0.4, 0.5) is 5.69 Å². The van der Waals surface area contributed by atoms with Gasteiger partial charge in [-0.3, -0.25) is 4.98 Å². The predicted octanol–water partition coefficient (Wildman–Crippen LogP) is 2.85. The molecule has 0 bridgehead atoms. The maximum atomic E-state index is 4.64. The molecule has 1 aliphatic rings. The van der Waals surface area contributed by atoms with Crippen LogP contribution < -0.4 is 4.90 Å². The molecule has 0 radical (unpaired) electrons. The third-order valence-electron chi connectivity index (χ3n) is 5.00. The summed E-state index contributed by atoms with van der Waals surface area (Å²) in [6.45, 7) is 10.6. The Labute approximate surface area is 148 Å². The minimum absolute atomic E-state index is 0.942. The monoisotopic (exact) mass is 333 g/mol. The van der Waals surface area contributed by atoms with Gasteiger partial charge in [-0.05, 0) is 43.3 Å². The van der Waals surface area contributed by atoms with Gasteiger partial charge in [-0.2, -0.15) is 0 Å². The largest absolute Gasteiger partial charge is 0.368 e. The number of aryl methyl sites for hydroxylation is 1. The predicted molar refractivity (Wildman–Crippen MR) is 102 cm³/mol. The van der Waals surface area contributed by atoms with Gasteiger partial charge >= 0.3 is 0 Å². The number of hydrogen-bond acceptors (Lipinski definition) is 4. The number of piperazine rings is 1. The molecule has 4 rings (SSSR count). The van der Waals surface area contributed by atoms with Crippen molar-refractivity contribution in [2.75, 3.05) is 38.1 Å². The summed E-state index contributed by atoms with van der Waals surface area (Å²) in [5, 5.41) is 0. The smallest absolute Gasteiger partial charge is 0.136 e. The zero-order valence-corrected chi connectivity index (χ0v) is 14.8. The Hall–Kier alpha value is -2.66. The molecule has 0 saturated carbocycles. The second-order valence-corrected chi connectivity index (χ2v) is 6.71. The zero-order chi connectivity index (χ0) is 17.4. The van der Waals surface area contributed by atoms with E-state index in [-0.39, 0.29) is 0 Å². The maximum Gasteiger partial charge on any atom is 0.136 e. The molecule has 0 amide bonds. The highest BCUT2D eigenvalue weighted by Gasteiger charge is 2.16. The van der Waals surface area contributed by atoms with Crippen LogP contribution in [0.2, 0.25) is 0 Å². The van der Waals surface area contributed by atoms with E-state index in [1.54, 1.807) is 0 Å². The molecule has 1 aliphatic heterocycles. The van der Waals surface area contributed by atoms with Gasteiger partial charge < -0.3 is 14.2 Å². The van der Waals surface area contributed by atoms with E-state index in [4.69, 9.17) is 0 Å². The number of aromatic nitrogens is 3. The second kappa shape index (κ2) is 6.33. The van der Waals surface area contributed by atoms with Crippen LogP contribution >= 0.6 is 0 Å². The molecule has 3 aromatic heterocycles. The van der Waals surface area contributed by atoms with Gasteiger partial charge in [-0.15, -0.1) is 0 Å². The molecule has 1 saturated heterocycles. The Balaban J connectivity index is 1.66. The van der Waals surface area contributed by atoms with Crippen LogP contribution in [-0.4, -0.2) is 52.5 Å². The van der Waals surface area contributed by atoms with Crippen molar-refractivity contribution >= 4 is 16.9 Å². The molecular formula is C20H23N5. The van der Waals surface area contributed by atoms with Crippen molar-refractivity contribution in [3.63, 3.8) is 0 Å². The molecule has 0 aliphatic carbocycles. The number of anilines is 1. The highest BCUT2D eigenvalue weighted by molar-refractivity contribution is 5.80. The summed E-state index contributed by atoms with van der Waals surface area (Å²) in [6, 6.07) is 6.33. The van der Waals surface area contributed by atoms with Crippen LogP contribution in [0.25, 0.3) is 11.2 Å². The SMILES string of the molecule is C=C(c1ccc2nccn2c1)c1cc(N2CCN(C)CC2)cnc1C. The van der Waals surface area contributed by atoms with Gasteiger partial charge in [0.15, 0.2) is 0 Å². The van der Waals surface area contributed by atoms with E-state index in [0.29, 0.717) is 0 Å². The van der Waals surface area contributed by atoms with Crippen LogP contribution in [0.15, 0.2) is 49.6 Å². The lowest BCUT2D eigenvalue weighted by Gasteiger charge is -2.34. The van der Waals surface area contributed by atoms with E-state index < -0.39 is 0 Å². The third kappa shape index (κ3) is 3.03. The van der Waals surface area contributed by atoms with Crippen LogP contribution in [-0.2, 0) is 0 Å². The van der Waals surface area contributed by atoms with E-state index in [2.05, 4.69) is 51.7 Å². The van der Waals surface area contributed by atoms with E-state index in [0.717, 1.165) is 54.2 Å². The lowest BCUT2D eigenvalue weighted by Crippen LogP contribution is -2.44. The van der Waals surface area contributed by atoms with Crippen LogP contribution in [0.3, 0.4) is 0 Å². The summed E-state index contributed by atoms with van der Waals surface area (Å²) < 4.78 is 2.02. The first-order chi connectivity index (χ1) is 12.1. The Bertz CT molecular complexity index is 919. The van der Waals surface area contributed by atoms with Crippen molar-refractivity contribution in [3.05, 3.63) is 66.4 Å². The Morgan fingerprint density at radius 1 is 1.12 bits per heavy atom. The molecule has 25 heavy (non-hydrogen) atoms. The minimum Gasteiger partial charge on any atom is -0.368 e. The Morgan fingerprint density at radius 2 is 1.92 bits per heavy atom. The summed E-state index contributed by atoms with van der Waals surface area (Å²) >= 11 is 0. The lowest BCUT2D eigenvalue weighted by atomic mass is 9.99. The minimum atomic E-state index is 0.942. The molecule has 0 aromatic carbocycles. The van der Waals surface area contributed by atoms with E-state index in [1.807, 2.05) is 36.0 Å². The number of fused-ring (bicyclic) bond motifs is 1. The number of pyridine rings is 2. The normalized spacial score (nSPS) is 15.7. The summed E-state index contributed by atoms with van der Waals surface area (Å²) in [7, 11) is 2.17. The fourth-order valence-corrected chi connectivity index (χ4v) is 3.32. The van der Waals surface area contributed by atoms with Gasteiger partial charge in [0.1, 0.15) is 5.65 Å². The Kier molecular flexibility index (Phi) is 4.01. The molecule has 0 spiro atoms. The molecule has 128 valence electrons. The fraction of sp³-hybridized carbons (Fsp3) is 0.300. The van der Waals surface area contributed by atoms with Crippen LogP contribution in [0.5, 0.6) is 0 Å². The van der Waals surface area contributed by atoms with Gasteiger partial charge in [-0.1, -0.05) is 6.58 Å². The first kappa shape index (κ1) is 15.8. The number of rotatable bonds is 3. The zero-order valence-electron chi connectivity index (χ0n) is 14.8. The highest BCUT2D eigenvalue weighted by Crippen LogP contribution is 2.27. The van der Waals surface area contributed by atoms with Crippen molar-refractivity contribution in [3.8, 4) is 0 Å². The average molecular weight is 333 g/mol. The molecule has 0 unspecified atom stereocenters. The van der Waals surface area contributed by atoms with Crippen LogP contribution in [0, 0.1) is 6.92 Å². The van der Waals surface area contributed by atoms with Gasteiger partial charge in [-0.25, -0.2) is 4.98 Å². The maximum absolute atomic E-state index is 4.64.